The Balaban J connectivity index is 1.21. The van der Waals surface area contributed by atoms with Crippen LogP contribution in [0.5, 0.6) is 5.88 Å². The van der Waals surface area contributed by atoms with Crippen molar-refractivity contribution in [3.05, 3.63) is 18.0 Å². The molecule has 0 radical (unpaired) electrons. The molecule has 0 saturated heterocycles. The van der Waals surface area contributed by atoms with E-state index in [9.17, 15) is 15.0 Å². The Morgan fingerprint density at radius 1 is 1.30 bits per heavy atom. The highest BCUT2D eigenvalue weighted by Crippen LogP contribution is 2.57. The fraction of sp³-hybridized carbons (Fsp3) is 0.652. The van der Waals surface area contributed by atoms with Crippen molar-refractivity contribution in [2.45, 2.75) is 81.5 Å². The van der Waals surface area contributed by atoms with Crippen LogP contribution in [0.15, 0.2) is 12.4 Å². The second kappa shape index (κ2) is 7.39. The van der Waals surface area contributed by atoms with Crippen LogP contribution in [-0.2, 0) is 10.2 Å². The average molecular weight is 455 g/mol. The van der Waals surface area contributed by atoms with Gasteiger partial charge in [-0.25, -0.2) is 10.1 Å². The Labute approximate surface area is 191 Å². The van der Waals surface area contributed by atoms with Gasteiger partial charge < -0.3 is 20.3 Å². The molecule has 0 unspecified atom stereocenters. The molecule has 1 spiro atoms. The number of rotatable bonds is 6. The summed E-state index contributed by atoms with van der Waals surface area (Å²) in [5.74, 6) is 1.95. The normalized spacial score (nSPS) is 31.9. The van der Waals surface area contributed by atoms with E-state index < -0.39 is 11.0 Å². The van der Waals surface area contributed by atoms with Gasteiger partial charge in [0.05, 0.1) is 29.9 Å². The van der Waals surface area contributed by atoms with Crippen LogP contribution in [-0.4, -0.2) is 60.6 Å². The largest absolute Gasteiger partial charge is 0.476 e. The monoisotopic (exact) mass is 454 g/mol. The van der Waals surface area contributed by atoms with Crippen molar-refractivity contribution in [2.24, 2.45) is 5.92 Å². The van der Waals surface area contributed by atoms with Crippen molar-refractivity contribution < 1.29 is 19.7 Å². The number of hydrogen-bond donors (Lipinski definition) is 4. The van der Waals surface area contributed by atoms with Crippen LogP contribution in [0.1, 0.15) is 63.9 Å². The summed E-state index contributed by atoms with van der Waals surface area (Å²) in [6, 6.07) is -0.0322. The summed E-state index contributed by atoms with van der Waals surface area (Å²) < 4.78 is 5.89. The molecule has 10 heteroatoms. The number of aliphatic hydroxyl groups is 2. The van der Waals surface area contributed by atoms with Crippen LogP contribution < -0.4 is 15.0 Å². The number of ether oxygens (including phenoxy) is 1. The van der Waals surface area contributed by atoms with E-state index in [1.165, 1.54) is 0 Å². The third kappa shape index (κ3) is 3.56. The van der Waals surface area contributed by atoms with E-state index in [1.807, 2.05) is 11.8 Å². The lowest BCUT2D eigenvalue weighted by molar-refractivity contribution is -0.121. The second-order valence-corrected chi connectivity index (χ2v) is 10.5. The minimum atomic E-state index is -0.585. The van der Waals surface area contributed by atoms with Gasteiger partial charge in [-0.2, -0.15) is 10.1 Å². The molecule has 4 N–H and O–H groups in total. The Hall–Kier alpha value is -2.72. The van der Waals surface area contributed by atoms with Crippen LogP contribution in [0, 0.1) is 5.92 Å². The Bertz CT molecular complexity index is 1070. The van der Waals surface area contributed by atoms with E-state index in [0.29, 0.717) is 42.3 Å². The standard InChI is InChI=1S/C23H30N6O4/c1-22(32)8-13(9-22)12-33-19-17(11-25-28-19)26-21-24-10-16-18(27-21)29(20(31)23(16)5-6-23)14-3-2-4-15(30)7-14/h10-11,13-15,30,32H,2-9,12H2,1H3,(H,25,28)(H,24,26,27)/t13?,14-,15-,22?/m1/s1. The second-order valence-electron chi connectivity index (χ2n) is 10.5. The first-order valence-electron chi connectivity index (χ1n) is 11.9. The first-order valence-corrected chi connectivity index (χ1v) is 11.9. The van der Waals surface area contributed by atoms with Crippen molar-refractivity contribution in [1.29, 1.82) is 0 Å². The van der Waals surface area contributed by atoms with Crippen LogP contribution in [0.2, 0.25) is 0 Å². The lowest BCUT2D eigenvalue weighted by atomic mass is 9.73. The number of amides is 1. The Morgan fingerprint density at radius 3 is 2.85 bits per heavy atom. The number of nitrogens with zero attached hydrogens (tertiary/aromatic N) is 4. The summed E-state index contributed by atoms with van der Waals surface area (Å²) in [4.78, 5) is 24.4. The molecule has 33 heavy (non-hydrogen) atoms. The highest BCUT2D eigenvalue weighted by molar-refractivity contribution is 6.09. The SMILES string of the molecule is CC1(O)CC(COc2[nH]ncc2Nc2ncc3c(n2)N([C@@H]2CCC[C@@H](O)C2)C(=O)C32CC2)C1. The molecule has 0 bridgehead atoms. The fourth-order valence-corrected chi connectivity index (χ4v) is 5.81. The lowest BCUT2D eigenvalue weighted by Crippen LogP contribution is -2.44. The summed E-state index contributed by atoms with van der Waals surface area (Å²) in [5, 5.41) is 30.2. The predicted octanol–water partition coefficient (Wildman–Crippen LogP) is 2.16. The maximum atomic E-state index is 13.4. The number of aliphatic hydroxyl groups excluding tert-OH is 1. The third-order valence-corrected chi connectivity index (χ3v) is 7.65. The highest BCUT2D eigenvalue weighted by Gasteiger charge is 2.61. The number of aromatic nitrogens is 4. The summed E-state index contributed by atoms with van der Waals surface area (Å²) in [7, 11) is 0. The number of hydrogen-bond acceptors (Lipinski definition) is 8. The highest BCUT2D eigenvalue weighted by atomic mass is 16.5. The molecule has 4 aliphatic rings. The summed E-state index contributed by atoms with van der Waals surface area (Å²) in [6.45, 7) is 2.33. The lowest BCUT2D eigenvalue weighted by Gasteiger charge is -2.40. The van der Waals surface area contributed by atoms with Gasteiger partial charge in [0.2, 0.25) is 17.7 Å². The van der Waals surface area contributed by atoms with Crippen LogP contribution in [0.3, 0.4) is 0 Å². The maximum Gasteiger partial charge on any atom is 0.239 e. The molecule has 3 aliphatic carbocycles. The van der Waals surface area contributed by atoms with Crippen molar-refractivity contribution in [3.63, 3.8) is 0 Å². The van der Waals surface area contributed by atoms with E-state index in [-0.39, 0.29) is 18.1 Å². The Kier molecular flexibility index (Phi) is 4.67. The first kappa shape index (κ1) is 20.9. The third-order valence-electron chi connectivity index (χ3n) is 7.65. The number of fused-ring (bicyclic) bond motifs is 2. The average Bonchev–Trinajstić information content (AvgIpc) is 3.38. The molecule has 3 heterocycles. The van der Waals surface area contributed by atoms with Crippen LogP contribution >= 0.6 is 0 Å². The summed E-state index contributed by atoms with van der Waals surface area (Å²) >= 11 is 0. The topological polar surface area (TPSA) is 136 Å². The van der Waals surface area contributed by atoms with Crippen LogP contribution in [0.4, 0.5) is 17.5 Å². The molecule has 0 aromatic carbocycles. The number of aromatic amines is 1. The van der Waals surface area contributed by atoms with Crippen molar-refractivity contribution in [1.82, 2.24) is 20.2 Å². The van der Waals surface area contributed by atoms with Gasteiger partial charge in [-0.1, -0.05) is 0 Å². The Morgan fingerprint density at radius 2 is 2.12 bits per heavy atom. The molecule has 6 rings (SSSR count). The van der Waals surface area contributed by atoms with Gasteiger partial charge >= 0.3 is 0 Å². The smallest absolute Gasteiger partial charge is 0.239 e. The zero-order valence-electron chi connectivity index (χ0n) is 18.8. The molecule has 3 fully saturated rings. The van der Waals surface area contributed by atoms with Gasteiger partial charge in [0.1, 0.15) is 11.5 Å². The quantitative estimate of drug-likeness (QED) is 0.521. The zero-order chi connectivity index (χ0) is 22.8. The minimum Gasteiger partial charge on any atom is -0.476 e. The van der Waals surface area contributed by atoms with E-state index in [4.69, 9.17) is 9.72 Å². The molecule has 1 amide bonds. The summed E-state index contributed by atoms with van der Waals surface area (Å²) in [6.07, 6.45) is 9.26. The van der Waals surface area contributed by atoms with Gasteiger partial charge in [-0.05, 0) is 64.2 Å². The molecule has 2 atom stereocenters. The van der Waals surface area contributed by atoms with Gasteiger partial charge in [0.15, 0.2) is 0 Å². The van der Waals surface area contributed by atoms with Crippen molar-refractivity contribution in [2.75, 3.05) is 16.8 Å². The molecule has 1 aliphatic heterocycles. The molecule has 2 aromatic heterocycles. The van der Waals surface area contributed by atoms with Gasteiger partial charge in [0.25, 0.3) is 0 Å². The van der Waals surface area contributed by atoms with Crippen LogP contribution in [0.25, 0.3) is 0 Å². The molecule has 3 saturated carbocycles. The molecule has 10 nitrogen and oxygen atoms in total. The zero-order valence-corrected chi connectivity index (χ0v) is 18.8. The predicted molar refractivity (Wildman–Crippen MR) is 119 cm³/mol. The number of H-pyrrole nitrogens is 1. The maximum absolute atomic E-state index is 13.4. The minimum absolute atomic E-state index is 0.0322. The number of nitrogens with one attached hydrogen (secondary N) is 2. The van der Waals surface area contributed by atoms with E-state index in [2.05, 4.69) is 20.5 Å². The van der Waals surface area contributed by atoms with E-state index in [0.717, 1.165) is 50.5 Å². The number of carbonyl (C=O) groups is 1. The first-order chi connectivity index (χ1) is 15.8. The fourth-order valence-electron chi connectivity index (χ4n) is 5.81. The molecular formula is C23H30N6O4. The number of carbonyl (C=O) groups excluding carboxylic acids is 1. The summed E-state index contributed by atoms with van der Waals surface area (Å²) in [5.41, 5.74) is 0.465. The molecule has 2 aromatic rings. The van der Waals surface area contributed by atoms with Gasteiger partial charge in [0, 0.05) is 17.8 Å². The van der Waals surface area contributed by atoms with Gasteiger partial charge in [-0.15, -0.1) is 0 Å². The van der Waals surface area contributed by atoms with Gasteiger partial charge in [-0.3, -0.25) is 9.69 Å². The van der Waals surface area contributed by atoms with E-state index >= 15 is 0 Å². The van der Waals surface area contributed by atoms with Crippen molar-refractivity contribution in [3.8, 4) is 5.88 Å². The van der Waals surface area contributed by atoms with E-state index in [1.54, 1.807) is 12.4 Å². The molecule has 176 valence electrons. The van der Waals surface area contributed by atoms with Crippen molar-refractivity contribution >= 4 is 23.4 Å². The molecular weight excluding hydrogens is 424 g/mol. The number of anilines is 3.